The minimum atomic E-state index is -0.387. The number of hydrogen-bond acceptors (Lipinski definition) is 3. The third-order valence-corrected chi connectivity index (χ3v) is 2.83. The lowest BCUT2D eigenvalue weighted by Crippen LogP contribution is -2.15. The molecule has 2 rings (SSSR count). The summed E-state index contributed by atoms with van der Waals surface area (Å²) in [5, 5.41) is 8.82. The number of benzene rings is 1. The number of aliphatic hydroxyl groups excluding tert-OH is 1. The molecule has 0 radical (unpaired) electrons. The molecule has 1 aromatic carbocycles. The summed E-state index contributed by atoms with van der Waals surface area (Å²) in [7, 11) is 0. The first-order valence-electron chi connectivity index (χ1n) is 6.29. The van der Waals surface area contributed by atoms with Crippen molar-refractivity contribution in [2.75, 3.05) is 6.61 Å². The lowest BCUT2D eigenvalue weighted by molar-refractivity contribution is 0.140. The average Bonchev–Trinajstić information content (AvgIpc) is 2.92. The Labute approximate surface area is 112 Å². The highest BCUT2D eigenvalue weighted by atomic mass is 16.5. The first-order chi connectivity index (χ1) is 9.31. The zero-order valence-corrected chi connectivity index (χ0v) is 10.7. The predicted molar refractivity (Wildman–Crippen MR) is 71.9 cm³/mol. The predicted octanol–water partition coefficient (Wildman–Crippen LogP) is 2.60. The van der Waals surface area contributed by atoms with Crippen LogP contribution in [-0.2, 0) is 17.8 Å². The van der Waals surface area contributed by atoms with Gasteiger partial charge in [0.25, 0.3) is 0 Å². The van der Waals surface area contributed by atoms with Crippen molar-refractivity contribution < 1.29 is 14.6 Å². The van der Waals surface area contributed by atoms with Gasteiger partial charge in [0.05, 0.1) is 0 Å². The molecule has 0 spiro atoms. The lowest BCUT2D eigenvalue weighted by atomic mass is 10.2. The molecule has 0 bridgehead atoms. The van der Waals surface area contributed by atoms with Crippen LogP contribution in [0.2, 0.25) is 0 Å². The highest BCUT2D eigenvalue weighted by Crippen LogP contribution is 2.08. The fourth-order valence-electron chi connectivity index (χ4n) is 1.85. The van der Waals surface area contributed by atoms with Crippen LogP contribution in [0.5, 0.6) is 0 Å². The number of aliphatic hydroxyl groups is 1. The topological polar surface area (TPSA) is 51.5 Å². The standard InChI is InChI=1S/C15H17NO3/c17-11-5-9-14-8-4-10-16(14)15(18)19-12-13-6-2-1-3-7-13/h1-4,6-8,10,17H,5,9,11-12H2. The van der Waals surface area contributed by atoms with E-state index < -0.39 is 0 Å². The summed E-state index contributed by atoms with van der Waals surface area (Å²) in [5.41, 5.74) is 1.81. The SMILES string of the molecule is O=C(OCc1ccccc1)n1cccc1CCCO. The number of carbonyl (C=O) groups excluding carboxylic acids is 1. The number of aromatic nitrogens is 1. The lowest BCUT2D eigenvalue weighted by Gasteiger charge is -2.08. The smallest absolute Gasteiger partial charge is 0.418 e. The number of aryl methyl sites for hydroxylation is 1. The summed E-state index contributed by atoms with van der Waals surface area (Å²) in [5.74, 6) is 0. The Bertz CT molecular complexity index is 519. The van der Waals surface area contributed by atoms with E-state index in [0.717, 1.165) is 11.3 Å². The van der Waals surface area contributed by atoms with E-state index in [2.05, 4.69) is 0 Å². The maximum Gasteiger partial charge on any atom is 0.418 e. The van der Waals surface area contributed by atoms with Gasteiger partial charge in [0.15, 0.2) is 0 Å². The van der Waals surface area contributed by atoms with Gasteiger partial charge in [-0.15, -0.1) is 0 Å². The van der Waals surface area contributed by atoms with Crippen molar-refractivity contribution >= 4 is 6.09 Å². The molecule has 1 N–H and O–H groups in total. The molecule has 4 heteroatoms. The Balaban J connectivity index is 1.94. The molecule has 0 fully saturated rings. The number of nitrogens with zero attached hydrogens (tertiary/aromatic N) is 1. The molecular formula is C15H17NO3. The van der Waals surface area contributed by atoms with Gasteiger partial charge in [-0.2, -0.15) is 0 Å². The molecule has 0 unspecified atom stereocenters. The van der Waals surface area contributed by atoms with Crippen LogP contribution < -0.4 is 0 Å². The minimum Gasteiger partial charge on any atom is -0.444 e. The number of carbonyl (C=O) groups is 1. The van der Waals surface area contributed by atoms with Crippen molar-refractivity contribution in [3.8, 4) is 0 Å². The van der Waals surface area contributed by atoms with Crippen molar-refractivity contribution in [2.45, 2.75) is 19.4 Å². The fraction of sp³-hybridized carbons (Fsp3) is 0.267. The first-order valence-corrected chi connectivity index (χ1v) is 6.29. The van der Waals surface area contributed by atoms with Crippen LogP contribution in [-0.4, -0.2) is 22.4 Å². The van der Waals surface area contributed by atoms with E-state index in [1.54, 1.807) is 12.3 Å². The molecule has 2 aromatic rings. The van der Waals surface area contributed by atoms with Crippen LogP contribution in [0.1, 0.15) is 17.7 Å². The zero-order chi connectivity index (χ0) is 13.5. The summed E-state index contributed by atoms with van der Waals surface area (Å²) < 4.78 is 6.74. The van der Waals surface area contributed by atoms with Crippen LogP contribution >= 0.6 is 0 Å². The molecule has 1 aromatic heterocycles. The Morgan fingerprint density at radius 2 is 1.95 bits per heavy atom. The second-order valence-corrected chi connectivity index (χ2v) is 4.24. The van der Waals surface area contributed by atoms with Crippen LogP contribution in [0, 0.1) is 0 Å². The molecule has 4 nitrogen and oxygen atoms in total. The quantitative estimate of drug-likeness (QED) is 0.898. The molecule has 0 aliphatic rings. The maximum absolute atomic E-state index is 11.9. The zero-order valence-electron chi connectivity index (χ0n) is 10.7. The van der Waals surface area contributed by atoms with Crippen molar-refractivity contribution in [1.29, 1.82) is 0 Å². The van der Waals surface area contributed by atoms with E-state index in [1.807, 2.05) is 36.4 Å². The van der Waals surface area contributed by atoms with E-state index in [-0.39, 0.29) is 19.3 Å². The monoisotopic (exact) mass is 259 g/mol. The molecular weight excluding hydrogens is 242 g/mol. The Morgan fingerprint density at radius 3 is 2.68 bits per heavy atom. The largest absolute Gasteiger partial charge is 0.444 e. The molecule has 0 amide bonds. The highest BCUT2D eigenvalue weighted by molar-refractivity contribution is 5.71. The van der Waals surface area contributed by atoms with Gasteiger partial charge in [-0.3, -0.25) is 4.57 Å². The van der Waals surface area contributed by atoms with E-state index in [1.165, 1.54) is 4.57 Å². The fourth-order valence-corrected chi connectivity index (χ4v) is 1.85. The molecule has 0 saturated heterocycles. The van der Waals surface area contributed by atoms with Crippen molar-refractivity contribution in [2.24, 2.45) is 0 Å². The molecule has 0 atom stereocenters. The minimum absolute atomic E-state index is 0.115. The van der Waals surface area contributed by atoms with Crippen molar-refractivity contribution in [1.82, 2.24) is 4.57 Å². The number of hydrogen-bond donors (Lipinski definition) is 1. The Hall–Kier alpha value is -2.07. The summed E-state index contributed by atoms with van der Waals surface area (Å²) in [6.45, 7) is 0.377. The van der Waals surface area contributed by atoms with Gasteiger partial charge in [-0.05, 0) is 30.5 Å². The number of ether oxygens (including phenoxy) is 1. The van der Waals surface area contributed by atoms with E-state index >= 15 is 0 Å². The van der Waals surface area contributed by atoms with Gasteiger partial charge < -0.3 is 9.84 Å². The third kappa shape index (κ3) is 3.69. The van der Waals surface area contributed by atoms with Gasteiger partial charge in [-0.25, -0.2) is 4.79 Å². The van der Waals surface area contributed by atoms with Gasteiger partial charge >= 0.3 is 6.09 Å². The van der Waals surface area contributed by atoms with Crippen molar-refractivity contribution in [3.63, 3.8) is 0 Å². The van der Waals surface area contributed by atoms with Crippen LogP contribution in [0.4, 0.5) is 4.79 Å². The van der Waals surface area contributed by atoms with Crippen molar-refractivity contribution in [3.05, 3.63) is 59.9 Å². The highest BCUT2D eigenvalue weighted by Gasteiger charge is 2.10. The van der Waals surface area contributed by atoms with Crippen LogP contribution in [0.25, 0.3) is 0 Å². The normalized spacial score (nSPS) is 10.4. The summed E-state index contributed by atoms with van der Waals surface area (Å²) >= 11 is 0. The maximum atomic E-state index is 11.9. The van der Waals surface area contributed by atoms with Crippen LogP contribution in [0.15, 0.2) is 48.7 Å². The summed E-state index contributed by atoms with van der Waals surface area (Å²) in [4.78, 5) is 11.9. The third-order valence-electron chi connectivity index (χ3n) is 2.83. The second-order valence-electron chi connectivity index (χ2n) is 4.24. The molecule has 0 saturated carbocycles. The summed E-state index contributed by atoms with van der Waals surface area (Å²) in [6, 6.07) is 13.2. The van der Waals surface area contributed by atoms with Gasteiger partial charge in [0, 0.05) is 18.5 Å². The van der Waals surface area contributed by atoms with E-state index in [4.69, 9.17) is 9.84 Å². The van der Waals surface area contributed by atoms with Gasteiger partial charge in [-0.1, -0.05) is 30.3 Å². The summed E-state index contributed by atoms with van der Waals surface area (Å²) in [6.07, 6.45) is 2.58. The Morgan fingerprint density at radius 1 is 1.16 bits per heavy atom. The number of rotatable bonds is 5. The molecule has 0 aliphatic carbocycles. The molecule has 1 heterocycles. The first kappa shape index (κ1) is 13.4. The van der Waals surface area contributed by atoms with Gasteiger partial charge in [0.2, 0.25) is 0 Å². The average molecular weight is 259 g/mol. The van der Waals surface area contributed by atoms with E-state index in [9.17, 15) is 4.79 Å². The van der Waals surface area contributed by atoms with Gasteiger partial charge in [0.1, 0.15) is 6.61 Å². The molecule has 19 heavy (non-hydrogen) atoms. The molecule has 100 valence electrons. The molecule has 0 aliphatic heterocycles. The Kier molecular flexibility index (Phi) is 4.75. The second kappa shape index (κ2) is 6.75. The van der Waals surface area contributed by atoms with Crippen LogP contribution in [0.3, 0.4) is 0 Å². The van der Waals surface area contributed by atoms with E-state index in [0.29, 0.717) is 12.8 Å².